The number of anilines is 3. The van der Waals surface area contributed by atoms with Crippen molar-refractivity contribution in [2.24, 2.45) is 0 Å². The Labute approximate surface area is 219 Å². The van der Waals surface area contributed by atoms with Gasteiger partial charge in [-0.3, -0.25) is 0 Å². The van der Waals surface area contributed by atoms with E-state index in [1.54, 1.807) is 0 Å². The van der Waals surface area contributed by atoms with Gasteiger partial charge in [-0.05, 0) is 52.6 Å². The van der Waals surface area contributed by atoms with E-state index in [1.807, 2.05) is 0 Å². The van der Waals surface area contributed by atoms with Gasteiger partial charge in [-0.2, -0.15) is 0 Å². The van der Waals surface area contributed by atoms with E-state index in [-0.39, 0.29) is 0 Å². The molecule has 0 saturated carbocycles. The lowest BCUT2D eigenvalue weighted by Crippen LogP contribution is -2.13. The lowest BCUT2D eigenvalue weighted by molar-refractivity contribution is 1.20. The summed E-state index contributed by atoms with van der Waals surface area (Å²) in [6.45, 7) is 0. The molecule has 0 fully saturated rings. The molecule has 38 heavy (non-hydrogen) atoms. The molecule has 1 aliphatic rings. The molecule has 0 amide bonds. The van der Waals surface area contributed by atoms with E-state index in [0.717, 1.165) is 0 Å². The van der Waals surface area contributed by atoms with Crippen LogP contribution in [0.25, 0.3) is 59.8 Å². The van der Waals surface area contributed by atoms with Crippen molar-refractivity contribution in [3.63, 3.8) is 0 Å². The highest BCUT2D eigenvalue weighted by Crippen LogP contribution is 2.53. The molecule has 0 radical (unpaired) electrons. The van der Waals surface area contributed by atoms with Crippen molar-refractivity contribution >= 4 is 71.2 Å². The predicted molar refractivity (Wildman–Crippen MR) is 162 cm³/mol. The van der Waals surface area contributed by atoms with Gasteiger partial charge in [0.25, 0.3) is 0 Å². The molecule has 7 aromatic carbocycles. The third-order valence-electron chi connectivity index (χ3n) is 8.25. The second kappa shape index (κ2) is 7.24. The molecular weight excluding hydrogens is 460 g/mol. The second-order valence-corrected chi connectivity index (χ2v) is 10.2. The van der Waals surface area contributed by atoms with Crippen LogP contribution in [0.15, 0.2) is 133 Å². The number of nitrogens with zero attached hydrogens (tertiary/aromatic N) is 2. The molecule has 176 valence electrons. The molecule has 0 bridgehead atoms. The van der Waals surface area contributed by atoms with Crippen molar-refractivity contribution in [1.82, 2.24) is 4.57 Å². The third-order valence-corrected chi connectivity index (χ3v) is 8.25. The minimum absolute atomic E-state index is 1.21. The minimum atomic E-state index is 1.21. The van der Waals surface area contributed by atoms with Gasteiger partial charge < -0.3 is 9.47 Å². The Bertz CT molecular complexity index is 2240. The van der Waals surface area contributed by atoms with Crippen molar-refractivity contribution in [3.8, 4) is 5.69 Å². The Morgan fingerprint density at radius 1 is 0.316 bits per heavy atom. The largest absolute Gasteiger partial charge is 0.309 e. The van der Waals surface area contributed by atoms with Crippen LogP contribution in [-0.4, -0.2) is 4.57 Å². The summed E-state index contributed by atoms with van der Waals surface area (Å²) in [6.07, 6.45) is 0. The zero-order valence-electron chi connectivity index (χ0n) is 20.6. The Kier molecular flexibility index (Phi) is 3.82. The maximum atomic E-state index is 2.48. The topological polar surface area (TPSA) is 8.17 Å². The van der Waals surface area contributed by atoms with E-state index in [4.69, 9.17) is 0 Å². The highest BCUT2D eigenvalue weighted by molar-refractivity contribution is 6.32. The SMILES string of the molecule is c1ccc2c(N3c4cccc5ccc6c(c45)c4c3cccc4n6-c3cccc4ccccc34)cccc2c1. The summed E-state index contributed by atoms with van der Waals surface area (Å²) in [4.78, 5) is 2.48. The van der Waals surface area contributed by atoms with Crippen molar-refractivity contribution in [1.29, 1.82) is 0 Å². The molecule has 8 aromatic rings. The molecule has 2 heteroatoms. The van der Waals surface area contributed by atoms with Gasteiger partial charge in [-0.25, -0.2) is 0 Å². The number of fused-ring (bicyclic) bond motifs is 2. The quantitative estimate of drug-likeness (QED) is 0.238. The average Bonchev–Trinajstić information content (AvgIpc) is 3.32. The lowest BCUT2D eigenvalue weighted by Gasteiger charge is -2.31. The van der Waals surface area contributed by atoms with Gasteiger partial charge in [0, 0.05) is 26.9 Å². The average molecular weight is 483 g/mol. The first kappa shape index (κ1) is 20.0. The fourth-order valence-electron chi connectivity index (χ4n) is 6.72. The van der Waals surface area contributed by atoms with Gasteiger partial charge >= 0.3 is 0 Å². The van der Waals surface area contributed by atoms with E-state index in [1.165, 1.54) is 76.9 Å². The first-order valence-corrected chi connectivity index (χ1v) is 13.1. The third kappa shape index (κ3) is 2.47. The Hall–Kier alpha value is -5.08. The summed E-state index contributed by atoms with van der Waals surface area (Å²) in [6, 6.07) is 48.7. The normalized spacial score (nSPS) is 12.7. The first-order valence-electron chi connectivity index (χ1n) is 13.1. The molecule has 1 aromatic heterocycles. The predicted octanol–water partition coefficient (Wildman–Crippen LogP) is 10.0. The van der Waals surface area contributed by atoms with Crippen LogP contribution in [0, 0.1) is 0 Å². The summed E-state index contributed by atoms with van der Waals surface area (Å²) in [5.41, 5.74) is 7.39. The molecule has 0 N–H and O–H groups in total. The Balaban J connectivity index is 1.49. The smallest absolute Gasteiger partial charge is 0.0562 e. The summed E-state index contributed by atoms with van der Waals surface area (Å²) >= 11 is 0. The zero-order chi connectivity index (χ0) is 24.8. The number of rotatable bonds is 2. The van der Waals surface area contributed by atoms with Gasteiger partial charge in [-0.15, -0.1) is 0 Å². The van der Waals surface area contributed by atoms with Crippen LogP contribution in [0.3, 0.4) is 0 Å². The van der Waals surface area contributed by atoms with Crippen LogP contribution < -0.4 is 4.90 Å². The standard InChI is InChI=1S/C36H22N2/c1-3-14-26-23(9-1)11-5-16-28(26)37-30-18-7-13-25-21-22-33-36(34(25)30)35-31(37)19-8-20-32(35)38(33)29-17-6-12-24-10-2-4-15-27(24)29/h1-22H. The van der Waals surface area contributed by atoms with E-state index >= 15 is 0 Å². The number of benzene rings is 7. The summed E-state index contributed by atoms with van der Waals surface area (Å²) in [5.74, 6) is 0. The van der Waals surface area contributed by atoms with Crippen molar-refractivity contribution < 1.29 is 0 Å². The fraction of sp³-hybridized carbons (Fsp3) is 0. The number of hydrogen-bond acceptors (Lipinski definition) is 1. The molecule has 0 aliphatic carbocycles. The molecule has 2 heterocycles. The van der Waals surface area contributed by atoms with Gasteiger partial charge in [-0.1, -0.05) is 97.1 Å². The minimum Gasteiger partial charge on any atom is -0.309 e. The maximum absolute atomic E-state index is 2.48. The summed E-state index contributed by atoms with van der Waals surface area (Å²) < 4.78 is 2.47. The van der Waals surface area contributed by atoms with E-state index < -0.39 is 0 Å². The molecular formula is C36H22N2. The first-order chi connectivity index (χ1) is 18.9. The van der Waals surface area contributed by atoms with Crippen LogP contribution >= 0.6 is 0 Å². The van der Waals surface area contributed by atoms with Crippen LogP contribution in [0.5, 0.6) is 0 Å². The van der Waals surface area contributed by atoms with Crippen molar-refractivity contribution in [3.05, 3.63) is 133 Å². The van der Waals surface area contributed by atoms with Crippen LogP contribution in [0.1, 0.15) is 0 Å². The summed E-state index contributed by atoms with van der Waals surface area (Å²) in [5, 5.41) is 10.3. The highest BCUT2D eigenvalue weighted by atomic mass is 15.2. The van der Waals surface area contributed by atoms with Gasteiger partial charge in [0.1, 0.15) is 0 Å². The van der Waals surface area contributed by atoms with Gasteiger partial charge in [0.05, 0.1) is 33.8 Å². The van der Waals surface area contributed by atoms with Crippen LogP contribution in [0.4, 0.5) is 17.1 Å². The van der Waals surface area contributed by atoms with Crippen LogP contribution in [-0.2, 0) is 0 Å². The second-order valence-electron chi connectivity index (χ2n) is 10.2. The molecule has 1 aliphatic heterocycles. The van der Waals surface area contributed by atoms with E-state index in [0.29, 0.717) is 0 Å². The molecule has 2 nitrogen and oxygen atoms in total. The Morgan fingerprint density at radius 2 is 0.842 bits per heavy atom. The monoisotopic (exact) mass is 482 g/mol. The number of hydrogen-bond donors (Lipinski definition) is 0. The van der Waals surface area contributed by atoms with Crippen LogP contribution in [0.2, 0.25) is 0 Å². The molecule has 0 spiro atoms. The molecule has 0 saturated heterocycles. The van der Waals surface area contributed by atoms with Gasteiger partial charge in [0.2, 0.25) is 0 Å². The van der Waals surface area contributed by atoms with Crippen molar-refractivity contribution in [2.75, 3.05) is 4.90 Å². The highest BCUT2D eigenvalue weighted by Gasteiger charge is 2.29. The fourth-order valence-corrected chi connectivity index (χ4v) is 6.72. The van der Waals surface area contributed by atoms with E-state index in [9.17, 15) is 0 Å². The van der Waals surface area contributed by atoms with Gasteiger partial charge in [0.15, 0.2) is 0 Å². The number of aromatic nitrogens is 1. The molecule has 0 atom stereocenters. The summed E-state index contributed by atoms with van der Waals surface area (Å²) in [7, 11) is 0. The molecule has 9 rings (SSSR count). The van der Waals surface area contributed by atoms with Crippen molar-refractivity contribution in [2.45, 2.75) is 0 Å². The maximum Gasteiger partial charge on any atom is 0.0562 e. The molecule has 0 unspecified atom stereocenters. The lowest BCUT2D eigenvalue weighted by atomic mass is 9.95. The van der Waals surface area contributed by atoms with E-state index in [2.05, 4.69) is 143 Å². The zero-order valence-corrected chi connectivity index (χ0v) is 20.6. The Morgan fingerprint density at radius 3 is 1.61 bits per heavy atom.